The molecule has 1 N–H and O–H groups in total. The topological polar surface area (TPSA) is 18.5 Å². The first-order chi connectivity index (χ1) is 7.33. The van der Waals surface area contributed by atoms with E-state index < -0.39 is 0 Å². The average molecular weight is 213 g/mol. The predicted molar refractivity (Wildman–Crippen MR) is 65.8 cm³/mol. The second kappa shape index (κ2) is 8.08. The van der Waals surface area contributed by atoms with Gasteiger partial charge in [0.2, 0.25) is 0 Å². The molecule has 0 radical (unpaired) electrons. The minimum atomic E-state index is 1.16. The molecule has 0 aromatic carbocycles. The number of nitrogens with zero attached hydrogens (tertiary/aromatic N) is 2. The van der Waals surface area contributed by atoms with Gasteiger partial charge in [0.25, 0.3) is 0 Å². The fraction of sp³-hybridized carbons (Fsp3) is 1.00. The highest BCUT2D eigenvalue weighted by Crippen LogP contribution is 2.02. The van der Waals surface area contributed by atoms with E-state index in [9.17, 15) is 0 Å². The smallest absolute Gasteiger partial charge is 0.0259 e. The number of unbranched alkanes of at least 4 members (excludes halogenated alkanes) is 4. The van der Waals surface area contributed by atoms with Gasteiger partial charge in [0.1, 0.15) is 0 Å². The highest BCUT2D eigenvalue weighted by atomic mass is 15.5. The molecule has 3 heteroatoms. The van der Waals surface area contributed by atoms with E-state index in [0.29, 0.717) is 0 Å². The third kappa shape index (κ3) is 6.13. The highest BCUT2D eigenvalue weighted by molar-refractivity contribution is 4.65. The quantitative estimate of drug-likeness (QED) is 0.650. The van der Waals surface area contributed by atoms with Crippen molar-refractivity contribution in [1.29, 1.82) is 0 Å². The molecular weight excluding hydrogens is 186 g/mol. The average Bonchev–Trinajstić information content (AvgIpc) is 2.26. The molecule has 1 rings (SSSR count). The Balaban J connectivity index is 1.87. The van der Waals surface area contributed by atoms with E-state index in [0.717, 1.165) is 6.54 Å². The first kappa shape index (κ1) is 12.9. The van der Waals surface area contributed by atoms with Crippen molar-refractivity contribution in [3.63, 3.8) is 0 Å². The van der Waals surface area contributed by atoms with Gasteiger partial charge in [-0.3, -0.25) is 5.43 Å². The summed E-state index contributed by atoms with van der Waals surface area (Å²) in [5.41, 5.74) is 3.53. The van der Waals surface area contributed by atoms with Crippen molar-refractivity contribution >= 4 is 0 Å². The van der Waals surface area contributed by atoms with Crippen LogP contribution >= 0.6 is 0 Å². The van der Waals surface area contributed by atoms with Gasteiger partial charge in [-0.15, -0.1) is 0 Å². The second-order valence-corrected chi connectivity index (χ2v) is 4.61. The van der Waals surface area contributed by atoms with Crippen LogP contribution in [0.5, 0.6) is 0 Å². The number of hydrogen-bond donors (Lipinski definition) is 1. The van der Waals surface area contributed by atoms with E-state index in [1.54, 1.807) is 0 Å². The Hall–Kier alpha value is -0.120. The molecule has 0 aliphatic carbocycles. The first-order valence-electron chi connectivity index (χ1n) is 6.50. The number of hydrazine groups is 1. The van der Waals surface area contributed by atoms with Crippen LogP contribution in [0.1, 0.15) is 39.0 Å². The van der Waals surface area contributed by atoms with Crippen LogP contribution in [0.15, 0.2) is 0 Å². The molecule has 0 bridgehead atoms. The Kier molecular flexibility index (Phi) is 6.98. The van der Waals surface area contributed by atoms with Crippen LogP contribution in [-0.2, 0) is 0 Å². The number of hydrogen-bond acceptors (Lipinski definition) is 3. The van der Waals surface area contributed by atoms with E-state index in [1.165, 1.54) is 58.3 Å². The van der Waals surface area contributed by atoms with Crippen LogP contribution < -0.4 is 5.43 Å². The zero-order chi connectivity index (χ0) is 10.9. The van der Waals surface area contributed by atoms with Crippen LogP contribution in [0, 0.1) is 0 Å². The van der Waals surface area contributed by atoms with Crippen LogP contribution in [0.25, 0.3) is 0 Å². The zero-order valence-corrected chi connectivity index (χ0v) is 10.5. The summed E-state index contributed by atoms with van der Waals surface area (Å²) in [6.45, 7) is 8.17. The summed E-state index contributed by atoms with van der Waals surface area (Å²) in [5, 5.41) is 2.37. The lowest BCUT2D eigenvalue weighted by molar-refractivity contribution is 0.104. The summed E-state index contributed by atoms with van der Waals surface area (Å²) in [6, 6.07) is 0. The molecule has 1 saturated heterocycles. The summed E-state index contributed by atoms with van der Waals surface area (Å²) in [4.78, 5) is 2.39. The van der Waals surface area contributed by atoms with Crippen molar-refractivity contribution < 1.29 is 0 Å². The first-order valence-corrected chi connectivity index (χ1v) is 6.50. The number of rotatable bonds is 7. The monoisotopic (exact) mass is 213 g/mol. The Bertz CT molecular complexity index is 142. The van der Waals surface area contributed by atoms with Crippen molar-refractivity contribution in [2.45, 2.75) is 39.0 Å². The molecule has 0 atom stereocenters. The molecule has 1 aliphatic heterocycles. The van der Waals surface area contributed by atoms with Crippen molar-refractivity contribution in [3.05, 3.63) is 0 Å². The van der Waals surface area contributed by atoms with Gasteiger partial charge < -0.3 is 4.90 Å². The van der Waals surface area contributed by atoms with E-state index in [4.69, 9.17) is 0 Å². The molecule has 0 aromatic rings. The zero-order valence-electron chi connectivity index (χ0n) is 10.5. The number of likely N-dealkylation sites (N-methyl/N-ethyl adjacent to an activating group) is 1. The van der Waals surface area contributed by atoms with Gasteiger partial charge in [-0.2, -0.15) is 0 Å². The second-order valence-electron chi connectivity index (χ2n) is 4.61. The summed E-state index contributed by atoms with van der Waals surface area (Å²) in [6.07, 6.45) is 6.85. The molecule has 0 spiro atoms. The lowest BCUT2D eigenvalue weighted by Gasteiger charge is -2.32. The van der Waals surface area contributed by atoms with Gasteiger partial charge in [0, 0.05) is 32.7 Å². The van der Waals surface area contributed by atoms with Gasteiger partial charge in [0.05, 0.1) is 0 Å². The molecule has 0 amide bonds. The van der Waals surface area contributed by atoms with Crippen molar-refractivity contribution in [2.24, 2.45) is 0 Å². The van der Waals surface area contributed by atoms with Crippen molar-refractivity contribution in [3.8, 4) is 0 Å². The molecule has 90 valence electrons. The van der Waals surface area contributed by atoms with Gasteiger partial charge in [-0.05, 0) is 13.5 Å². The molecule has 15 heavy (non-hydrogen) atoms. The fourth-order valence-electron chi connectivity index (χ4n) is 1.93. The minimum absolute atomic E-state index is 1.16. The minimum Gasteiger partial charge on any atom is -0.304 e. The van der Waals surface area contributed by atoms with Crippen LogP contribution in [-0.4, -0.2) is 49.7 Å². The molecule has 1 fully saturated rings. The highest BCUT2D eigenvalue weighted by Gasteiger charge is 2.12. The maximum Gasteiger partial charge on any atom is 0.0259 e. The molecule has 1 heterocycles. The molecular formula is C12H27N3. The Morgan fingerprint density at radius 2 is 1.60 bits per heavy atom. The Morgan fingerprint density at radius 1 is 0.933 bits per heavy atom. The summed E-state index contributed by atoms with van der Waals surface area (Å²) < 4.78 is 0. The van der Waals surface area contributed by atoms with Gasteiger partial charge in [-0.1, -0.05) is 32.6 Å². The fourth-order valence-corrected chi connectivity index (χ4v) is 1.93. The summed E-state index contributed by atoms with van der Waals surface area (Å²) in [5.74, 6) is 0. The SMILES string of the molecule is CCCCCCCNN1CCN(C)CC1. The summed E-state index contributed by atoms with van der Waals surface area (Å²) in [7, 11) is 2.20. The van der Waals surface area contributed by atoms with E-state index in [2.05, 4.69) is 29.3 Å². The van der Waals surface area contributed by atoms with Crippen molar-refractivity contribution in [2.75, 3.05) is 39.8 Å². The number of nitrogens with one attached hydrogen (secondary N) is 1. The molecule has 0 saturated carbocycles. The Labute approximate surface area is 94.8 Å². The van der Waals surface area contributed by atoms with Crippen LogP contribution in [0.2, 0.25) is 0 Å². The summed E-state index contributed by atoms with van der Waals surface area (Å²) >= 11 is 0. The van der Waals surface area contributed by atoms with Gasteiger partial charge in [0.15, 0.2) is 0 Å². The van der Waals surface area contributed by atoms with E-state index in [1.807, 2.05) is 0 Å². The third-order valence-electron chi connectivity index (χ3n) is 3.12. The standard InChI is InChI=1S/C12H27N3/c1-3-4-5-6-7-8-13-15-11-9-14(2)10-12-15/h13H,3-12H2,1-2H3. The number of piperazine rings is 1. The van der Waals surface area contributed by atoms with Gasteiger partial charge in [-0.25, -0.2) is 5.01 Å². The molecule has 3 nitrogen and oxygen atoms in total. The van der Waals surface area contributed by atoms with Gasteiger partial charge >= 0.3 is 0 Å². The normalized spacial score (nSPS) is 19.6. The molecule has 0 aromatic heterocycles. The molecule has 1 aliphatic rings. The lowest BCUT2D eigenvalue weighted by Crippen LogP contribution is -2.50. The third-order valence-corrected chi connectivity index (χ3v) is 3.12. The maximum absolute atomic E-state index is 3.53. The van der Waals surface area contributed by atoms with Crippen LogP contribution in [0.3, 0.4) is 0 Å². The largest absolute Gasteiger partial charge is 0.304 e. The van der Waals surface area contributed by atoms with E-state index in [-0.39, 0.29) is 0 Å². The van der Waals surface area contributed by atoms with Crippen LogP contribution in [0.4, 0.5) is 0 Å². The van der Waals surface area contributed by atoms with Crippen molar-refractivity contribution in [1.82, 2.24) is 15.3 Å². The maximum atomic E-state index is 3.53. The molecule has 0 unspecified atom stereocenters. The lowest BCUT2D eigenvalue weighted by atomic mass is 10.2. The predicted octanol–water partition coefficient (Wildman–Crippen LogP) is 1.71. The van der Waals surface area contributed by atoms with E-state index >= 15 is 0 Å². The Morgan fingerprint density at radius 3 is 2.27 bits per heavy atom.